The predicted molar refractivity (Wildman–Crippen MR) is 76.1 cm³/mol. The Morgan fingerprint density at radius 3 is 2.37 bits per heavy atom. The number of anilines is 1. The van der Waals surface area contributed by atoms with Crippen molar-refractivity contribution in [3.63, 3.8) is 0 Å². The molecule has 1 unspecified atom stereocenters. The zero-order valence-electron chi connectivity index (χ0n) is 11.6. The standard InChI is InChI=1S/C15H22N2O2/c1-11(18)13-3-5-15(6-4-13)17-9-7-14(8-10-17)16-12(2)19/h3-6,11,14,18H,7-10H2,1-2H3,(H,16,19). The molecule has 0 spiro atoms. The highest BCUT2D eigenvalue weighted by atomic mass is 16.3. The summed E-state index contributed by atoms with van der Waals surface area (Å²) in [5.74, 6) is 0.0553. The Labute approximate surface area is 114 Å². The second-order valence-corrected chi connectivity index (χ2v) is 5.23. The molecule has 1 fully saturated rings. The monoisotopic (exact) mass is 262 g/mol. The summed E-state index contributed by atoms with van der Waals surface area (Å²) >= 11 is 0. The number of amides is 1. The first-order valence-corrected chi connectivity index (χ1v) is 6.86. The number of aliphatic hydroxyl groups is 1. The van der Waals surface area contributed by atoms with Gasteiger partial charge in [0.2, 0.25) is 5.91 Å². The third kappa shape index (κ3) is 3.70. The van der Waals surface area contributed by atoms with E-state index in [1.165, 1.54) is 5.69 Å². The van der Waals surface area contributed by atoms with E-state index >= 15 is 0 Å². The van der Waals surface area contributed by atoms with E-state index in [2.05, 4.69) is 22.3 Å². The van der Waals surface area contributed by atoms with Gasteiger partial charge < -0.3 is 15.3 Å². The molecular weight excluding hydrogens is 240 g/mol. The molecule has 1 atom stereocenters. The van der Waals surface area contributed by atoms with Crippen molar-refractivity contribution in [3.05, 3.63) is 29.8 Å². The molecule has 1 heterocycles. The fourth-order valence-corrected chi connectivity index (χ4v) is 2.53. The van der Waals surface area contributed by atoms with Gasteiger partial charge in [0.05, 0.1) is 6.10 Å². The minimum atomic E-state index is -0.417. The maximum Gasteiger partial charge on any atom is 0.217 e. The lowest BCUT2D eigenvalue weighted by atomic mass is 10.0. The van der Waals surface area contributed by atoms with Crippen LogP contribution in [0.5, 0.6) is 0 Å². The maximum atomic E-state index is 11.0. The van der Waals surface area contributed by atoms with Crippen LogP contribution in [0.1, 0.15) is 38.4 Å². The van der Waals surface area contributed by atoms with Crippen LogP contribution in [0.4, 0.5) is 5.69 Å². The van der Waals surface area contributed by atoms with Crippen molar-refractivity contribution in [1.29, 1.82) is 0 Å². The smallest absolute Gasteiger partial charge is 0.217 e. The van der Waals surface area contributed by atoms with Gasteiger partial charge in [-0.1, -0.05) is 12.1 Å². The molecule has 4 heteroatoms. The number of piperidine rings is 1. The summed E-state index contributed by atoms with van der Waals surface area (Å²) in [5, 5.41) is 12.5. The average molecular weight is 262 g/mol. The van der Waals surface area contributed by atoms with Gasteiger partial charge in [-0.2, -0.15) is 0 Å². The summed E-state index contributed by atoms with van der Waals surface area (Å²) in [6, 6.07) is 8.37. The first-order chi connectivity index (χ1) is 9.06. The van der Waals surface area contributed by atoms with E-state index in [1.807, 2.05) is 12.1 Å². The van der Waals surface area contributed by atoms with Crippen LogP contribution < -0.4 is 10.2 Å². The Morgan fingerprint density at radius 2 is 1.89 bits per heavy atom. The van der Waals surface area contributed by atoms with Crippen molar-refractivity contribution in [1.82, 2.24) is 5.32 Å². The fourth-order valence-electron chi connectivity index (χ4n) is 2.53. The molecule has 19 heavy (non-hydrogen) atoms. The summed E-state index contributed by atoms with van der Waals surface area (Å²) in [7, 11) is 0. The molecule has 1 aromatic rings. The number of aliphatic hydroxyl groups excluding tert-OH is 1. The first kappa shape index (κ1) is 13.9. The van der Waals surface area contributed by atoms with Crippen LogP contribution in [0.2, 0.25) is 0 Å². The van der Waals surface area contributed by atoms with E-state index in [9.17, 15) is 9.90 Å². The number of carbonyl (C=O) groups excluding carboxylic acids is 1. The third-order valence-electron chi connectivity index (χ3n) is 3.64. The van der Waals surface area contributed by atoms with Gasteiger partial charge in [0.25, 0.3) is 0 Å². The quantitative estimate of drug-likeness (QED) is 0.874. The topological polar surface area (TPSA) is 52.6 Å². The third-order valence-corrected chi connectivity index (χ3v) is 3.64. The van der Waals surface area contributed by atoms with E-state index in [0.29, 0.717) is 6.04 Å². The molecule has 0 aliphatic carbocycles. The van der Waals surface area contributed by atoms with Crippen molar-refractivity contribution >= 4 is 11.6 Å². The van der Waals surface area contributed by atoms with Crippen molar-refractivity contribution in [2.24, 2.45) is 0 Å². The molecule has 2 N–H and O–H groups in total. The molecule has 1 amide bonds. The van der Waals surface area contributed by atoms with Crippen molar-refractivity contribution < 1.29 is 9.90 Å². The Kier molecular flexibility index (Phi) is 4.43. The van der Waals surface area contributed by atoms with Crippen LogP contribution in [0.15, 0.2) is 24.3 Å². The molecule has 1 aromatic carbocycles. The van der Waals surface area contributed by atoms with E-state index in [4.69, 9.17) is 0 Å². The highest BCUT2D eigenvalue weighted by Gasteiger charge is 2.19. The van der Waals surface area contributed by atoms with Crippen LogP contribution in [-0.4, -0.2) is 30.1 Å². The van der Waals surface area contributed by atoms with Crippen molar-refractivity contribution in [2.45, 2.75) is 38.8 Å². The number of hydrogen-bond acceptors (Lipinski definition) is 3. The van der Waals surface area contributed by atoms with E-state index in [0.717, 1.165) is 31.5 Å². The van der Waals surface area contributed by atoms with Gasteiger partial charge in [-0.3, -0.25) is 4.79 Å². The Hall–Kier alpha value is -1.55. The van der Waals surface area contributed by atoms with Crippen molar-refractivity contribution in [2.75, 3.05) is 18.0 Å². The normalized spacial score (nSPS) is 18.2. The highest BCUT2D eigenvalue weighted by molar-refractivity contribution is 5.73. The number of hydrogen-bond donors (Lipinski definition) is 2. The summed E-state index contributed by atoms with van der Waals surface area (Å²) in [5.41, 5.74) is 2.13. The van der Waals surface area contributed by atoms with Gasteiger partial charge >= 0.3 is 0 Å². The number of nitrogens with zero attached hydrogens (tertiary/aromatic N) is 1. The first-order valence-electron chi connectivity index (χ1n) is 6.86. The largest absolute Gasteiger partial charge is 0.389 e. The summed E-state index contributed by atoms with van der Waals surface area (Å²) < 4.78 is 0. The second kappa shape index (κ2) is 6.06. The molecule has 1 aliphatic rings. The van der Waals surface area contributed by atoms with Crippen LogP contribution in [0, 0.1) is 0 Å². The zero-order valence-corrected chi connectivity index (χ0v) is 11.6. The van der Waals surface area contributed by atoms with Gasteiger partial charge in [-0.05, 0) is 37.5 Å². The molecule has 1 aliphatic heterocycles. The lowest BCUT2D eigenvalue weighted by Crippen LogP contribution is -2.44. The van der Waals surface area contributed by atoms with Gasteiger partial charge in [-0.15, -0.1) is 0 Å². The number of rotatable bonds is 3. The molecule has 0 aromatic heterocycles. The van der Waals surface area contributed by atoms with Crippen LogP contribution >= 0.6 is 0 Å². The highest BCUT2D eigenvalue weighted by Crippen LogP contribution is 2.22. The van der Waals surface area contributed by atoms with Gasteiger partial charge in [0, 0.05) is 31.7 Å². The zero-order chi connectivity index (χ0) is 13.8. The van der Waals surface area contributed by atoms with Crippen LogP contribution in [-0.2, 0) is 4.79 Å². The minimum Gasteiger partial charge on any atom is -0.389 e. The summed E-state index contributed by atoms with van der Waals surface area (Å²) in [4.78, 5) is 13.3. The molecule has 104 valence electrons. The summed E-state index contributed by atoms with van der Waals surface area (Å²) in [6.45, 7) is 5.26. The van der Waals surface area contributed by atoms with Gasteiger partial charge in [-0.25, -0.2) is 0 Å². The van der Waals surface area contributed by atoms with E-state index < -0.39 is 6.10 Å². The Bertz CT molecular complexity index is 420. The Morgan fingerprint density at radius 1 is 1.32 bits per heavy atom. The van der Waals surface area contributed by atoms with E-state index in [1.54, 1.807) is 13.8 Å². The minimum absolute atomic E-state index is 0.0553. The molecule has 0 radical (unpaired) electrons. The fraction of sp³-hybridized carbons (Fsp3) is 0.533. The van der Waals surface area contributed by atoms with E-state index in [-0.39, 0.29) is 5.91 Å². The predicted octanol–water partition coefficient (Wildman–Crippen LogP) is 1.84. The number of benzene rings is 1. The van der Waals surface area contributed by atoms with Gasteiger partial charge in [0.15, 0.2) is 0 Å². The molecule has 0 bridgehead atoms. The lowest BCUT2D eigenvalue weighted by Gasteiger charge is -2.34. The molecule has 1 saturated heterocycles. The average Bonchev–Trinajstić information content (AvgIpc) is 2.39. The number of carbonyl (C=O) groups is 1. The second-order valence-electron chi connectivity index (χ2n) is 5.23. The number of nitrogens with one attached hydrogen (secondary N) is 1. The molecular formula is C15H22N2O2. The van der Waals surface area contributed by atoms with Gasteiger partial charge in [0.1, 0.15) is 0 Å². The van der Waals surface area contributed by atoms with Crippen molar-refractivity contribution in [3.8, 4) is 0 Å². The Balaban J connectivity index is 1.92. The van der Waals surface area contributed by atoms with Crippen LogP contribution in [0.3, 0.4) is 0 Å². The van der Waals surface area contributed by atoms with Crippen LogP contribution in [0.25, 0.3) is 0 Å². The molecule has 4 nitrogen and oxygen atoms in total. The summed E-state index contributed by atoms with van der Waals surface area (Å²) in [6.07, 6.45) is 1.55. The molecule has 0 saturated carbocycles. The molecule has 2 rings (SSSR count). The SMILES string of the molecule is CC(=O)NC1CCN(c2ccc(C(C)O)cc2)CC1. The lowest BCUT2D eigenvalue weighted by molar-refractivity contribution is -0.119. The maximum absolute atomic E-state index is 11.0.